The first kappa shape index (κ1) is 18.1. The highest BCUT2D eigenvalue weighted by Gasteiger charge is 2.25. The van der Waals surface area contributed by atoms with Crippen LogP contribution in [0.4, 0.5) is 0 Å². The van der Waals surface area contributed by atoms with Crippen molar-refractivity contribution in [3.05, 3.63) is 46.8 Å². The van der Waals surface area contributed by atoms with E-state index in [0.717, 1.165) is 12.8 Å². The maximum Gasteiger partial charge on any atom is 0.328 e. The van der Waals surface area contributed by atoms with Crippen LogP contribution in [0.15, 0.2) is 35.5 Å². The first-order chi connectivity index (χ1) is 14.5. The Morgan fingerprint density at radius 1 is 1.43 bits per heavy atom. The number of aromatic amines is 1. The summed E-state index contributed by atoms with van der Waals surface area (Å²) in [4.78, 5) is 36.7. The zero-order valence-corrected chi connectivity index (χ0v) is 16.2. The van der Waals surface area contributed by atoms with Crippen LogP contribution in [0.5, 0.6) is 0 Å². The largest absolute Gasteiger partial charge is 0.354 e. The molecule has 4 aromatic rings. The predicted octanol–water partition coefficient (Wildman–Crippen LogP) is 1.39. The summed E-state index contributed by atoms with van der Waals surface area (Å²) in [5.41, 5.74) is 2.16. The van der Waals surface area contributed by atoms with Gasteiger partial charge in [-0.2, -0.15) is 10.4 Å². The number of fused-ring (bicyclic) bond motifs is 2. The van der Waals surface area contributed by atoms with Gasteiger partial charge in [0, 0.05) is 12.7 Å². The average molecular weight is 402 g/mol. The molecule has 0 bridgehead atoms. The molecular formula is C20H18N8O2. The maximum atomic E-state index is 12.6. The van der Waals surface area contributed by atoms with Crippen LogP contribution in [0.3, 0.4) is 0 Å². The van der Waals surface area contributed by atoms with Crippen molar-refractivity contribution in [2.24, 2.45) is 5.92 Å². The third-order valence-electron chi connectivity index (χ3n) is 5.38. The van der Waals surface area contributed by atoms with E-state index in [1.165, 1.54) is 10.8 Å². The predicted molar refractivity (Wildman–Crippen MR) is 107 cm³/mol. The Balaban J connectivity index is 1.57. The number of nitrogens with one attached hydrogen (secondary N) is 2. The van der Waals surface area contributed by atoms with Gasteiger partial charge in [0.25, 0.3) is 0 Å². The molecule has 4 aromatic heterocycles. The Labute approximate surface area is 170 Å². The van der Waals surface area contributed by atoms with E-state index in [1.54, 1.807) is 36.0 Å². The van der Waals surface area contributed by atoms with Gasteiger partial charge in [0.1, 0.15) is 11.6 Å². The van der Waals surface area contributed by atoms with Gasteiger partial charge >= 0.3 is 5.69 Å². The van der Waals surface area contributed by atoms with Crippen LogP contribution in [0.1, 0.15) is 31.4 Å². The molecule has 30 heavy (non-hydrogen) atoms. The fourth-order valence-corrected chi connectivity index (χ4v) is 3.46. The van der Waals surface area contributed by atoms with Crippen molar-refractivity contribution in [3.8, 4) is 17.5 Å². The second-order valence-electron chi connectivity index (χ2n) is 7.51. The van der Waals surface area contributed by atoms with E-state index >= 15 is 0 Å². The van der Waals surface area contributed by atoms with Crippen molar-refractivity contribution in [2.45, 2.75) is 25.8 Å². The average Bonchev–Trinajstić information content (AvgIpc) is 3.40. The van der Waals surface area contributed by atoms with Gasteiger partial charge in [0.2, 0.25) is 5.91 Å². The molecule has 150 valence electrons. The quantitative estimate of drug-likeness (QED) is 0.518. The van der Waals surface area contributed by atoms with Gasteiger partial charge in [0.15, 0.2) is 11.5 Å². The second-order valence-corrected chi connectivity index (χ2v) is 7.51. The molecule has 0 radical (unpaired) electrons. The summed E-state index contributed by atoms with van der Waals surface area (Å²) in [6, 6.07) is 4.75. The van der Waals surface area contributed by atoms with E-state index in [-0.39, 0.29) is 5.91 Å². The minimum atomic E-state index is -0.721. The molecule has 1 atom stereocenters. The minimum Gasteiger partial charge on any atom is -0.354 e. The minimum absolute atomic E-state index is 0.222. The maximum absolute atomic E-state index is 12.6. The lowest BCUT2D eigenvalue weighted by atomic mass is 10.2. The SMILES string of the molecule is C[C@H](C(=O)NCC1CC1)n1c(=O)[nH]c2cnc(-c3cnn4ccc(C#N)cc34)nc21. The third-order valence-corrected chi connectivity index (χ3v) is 5.38. The van der Waals surface area contributed by atoms with E-state index in [0.29, 0.717) is 46.1 Å². The van der Waals surface area contributed by atoms with Gasteiger partial charge in [-0.05, 0) is 37.8 Å². The molecule has 1 saturated carbocycles. The molecule has 0 saturated heterocycles. The number of hydrogen-bond acceptors (Lipinski definition) is 6. The van der Waals surface area contributed by atoms with Gasteiger partial charge in [-0.25, -0.2) is 19.3 Å². The van der Waals surface area contributed by atoms with Crippen LogP contribution in [0, 0.1) is 17.2 Å². The normalized spacial score (nSPS) is 14.7. The monoisotopic (exact) mass is 402 g/mol. The third kappa shape index (κ3) is 3.00. The van der Waals surface area contributed by atoms with Crippen LogP contribution in [0.2, 0.25) is 0 Å². The standard InChI is InChI=1S/C20H18N8O2/c1-11(19(29)23-8-12-2-3-12)28-18-15(25-20(28)30)10-22-17(26-18)14-9-24-27-5-4-13(7-21)6-16(14)27/h4-6,9-12H,2-3,8H2,1H3,(H,23,29)(H,25,30)/t11-/m1/s1. The molecule has 0 aliphatic heterocycles. The zero-order chi connectivity index (χ0) is 20.8. The lowest BCUT2D eigenvalue weighted by Crippen LogP contribution is -2.36. The number of pyridine rings is 1. The van der Waals surface area contributed by atoms with Gasteiger partial charge in [-0.3, -0.25) is 9.36 Å². The Bertz CT molecular complexity index is 1390. The zero-order valence-electron chi connectivity index (χ0n) is 16.2. The van der Waals surface area contributed by atoms with Gasteiger partial charge in [-0.15, -0.1) is 0 Å². The molecular weight excluding hydrogens is 384 g/mol. The highest BCUT2D eigenvalue weighted by Crippen LogP contribution is 2.28. The highest BCUT2D eigenvalue weighted by molar-refractivity contribution is 5.83. The van der Waals surface area contributed by atoms with Crippen molar-refractivity contribution < 1.29 is 4.79 Å². The van der Waals surface area contributed by atoms with Crippen molar-refractivity contribution in [2.75, 3.05) is 6.54 Å². The first-order valence-electron chi connectivity index (χ1n) is 9.68. The van der Waals surface area contributed by atoms with E-state index in [2.05, 4.69) is 31.4 Å². The number of imidazole rings is 1. The van der Waals surface area contributed by atoms with Gasteiger partial charge < -0.3 is 10.3 Å². The molecule has 1 aliphatic rings. The first-order valence-corrected chi connectivity index (χ1v) is 9.68. The van der Waals surface area contributed by atoms with Crippen LogP contribution in [-0.4, -0.2) is 41.6 Å². The summed E-state index contributed by atoms with van der Waals surface area (Å²) >= 11 is 0. The van der Waals surface area contributed by atoms with E-state index in [4.69, 9.17) is 0 Å². The topological polar surface area (TPSA) is 134 Å². The summed E-state index contributed by atoms with van der Waals surface area (Å²) in [5, 5.41) is 16.4. The van der Waals surface area contributed by atoms with Gasteiger partial charge in [0.05, 0.1) is 35.1 Å². The smallest absolute Gasteiger partial charge is 0.328 e. The second kappa shape index (κ2) is 6.81. The highest BCUT2D eigenvalue weighted by atomic mass is 16.2. The number of H-pyrrole nitrogens is 1. The summed E-state index contributed by atoms with van der Waals surface area (Å²) in [5.74, 6) is 0.675. The summed E-state index contributed by atoms with van der Waals surface area (Å²) in [6.07, 6.45) is 7.08. The van der Waals surface area contributed by atoms with Crippen LogP contribution < -0.4 is 11.0 Å². The fraction of sp³-hybridized carbons (Fsp3) is 0.300. The molecule has 4 heterocycles. The van der Waals surface area contributed by atoms with Crippen molar-refractivity contribution in [1.82, 2.24) is 34.4 Å². The molecule has 0 spiro atoms. The number of aromatic nitrogens is 6. The molecule has 0 unspecified atom stereocenters. The summed E-state index contributed by atoms with van der Waals surface area (Å²) in [7, 11) is 0. The lowest BCUT2D eigenvalue weighted by molar-refractivity contribution is -0.123. The summed E-state index contributed by atoms with van der Waals surface area (Å²) in [6.45, 7) is 2.30. The molecule has 2 N–H and O–H groups in total. The van der Waals surface area contributed by atoms with Crippen molar-refractivity contribution in [1.29, 1.82) is 5.26 Å². The molecule has 1 aliphatic carbocycles. The lowest BCUT2D eigenvalue weighted by Gasteiger charge is -2.13. The number of carbonyl (C=O) groups is 1. The molecule has 10 nitrogen and oxygen atoms in total. The Kier molecular flexibility index (Phi) is 4.10. The molecule has 0 aromatic carbocycles. The van der Waals surface area contributed by atoms with Crippen LogP contribution in [0.25, 0.3) is 28.1 Å². The molecule has 1 fully saturated rings. The Morgan fingerprint density at radius 2 is 2.27 bits per heavy atom. The van der Waals surface area contributed by atoms with E-state index in [1.807, 2.05) is 0 Å². The van der Waals surface area contributed by atoms with E-state index in [9.17, 15) is 14.9 Å². The number of nitriles is 1. The fourth-order valence-electron chi connectivity index (χ4n) is 3.46. The van der Waals surface area contributed by atoms with E-state index < -0.39 is 11.7 Å². The van der Waals surface area contributed by atoms with Gasteiger partial charge in [-0.1, -0.05) is 0 Å². The number of hydrogen-bond donors (Lipinski definition) is 2. The molecule has 10 heteroatoms. The number of nitrogens with zero attached hydrogens (tertiary/aromatic N) is 6. The van der Waals surface area contributed by atoms with Crippen LogP contribution >= 0.6 is 0 Å². The molecule has 5 rings (SSSR count). The number of carbonyl (C=O) groups excluding carboxylic acids is 1. The summed E-state index contributed by atoms with van der Waals surface area (Å²) < 4.78 is 2.97. The Morgan fingerprint density at radius 3 is 3.03 bits per heavy atom. The number of amides is 1. The van der Waals surface area contributed by atoms with Crippen LogP contribution in [-0.2, 0) is 4.79 Å². The molecule has 1 amide bonds. The Hall–Kier alpha value is -4.00. The van der Waals surface area contributed by atoms with Crippen molar-refractivity contribution >= 4 is 22.6 Å². The number of rotatable bonds is 5. The van der Waals surface area contributed by atoms with Crippen molar-refractivity contribution in [3.63, 3.8) is 0 Å².